The van der Waals surface area contributed by atoms with Crippen molar-refractivity contribution in [3.05, 3.63) is 42.6 Å². The minimum Gasteiger partial charge on any atom is -0.368 e. The summed E-state index contributed by atoms with van der Waals surface area (Å²) in [5.74, 6) is 0.958. The summed E-state index contributed by atoms with van der Waals surface area (Å²) in [5.41, 5.74) is 7.43. The molecule has 16 heavy (non-hydrogen) atoms. The van der Waals surface area contributed by atoms with E-state index in [-0.39, 0.29) is 0 Å². The molecule has 0 aliphatic rings. The number of fused-ring (bicyclic) bond motifs is 1. The van der Waals surface area contributed by atoms with Gasteiger partial charge in [-0.2, -0.15) is 14.6 Å². The number of hydrogen-bond acceptors (Lipinski definition) is 4. The summed E-state index contributed by atoms with van der Waals surface area (Å²) >= 11 is 0. The zero-order valence-electron chi connectivity index (χ0n) is 8.41. The molecule has 3 aromatic rings. The van der Waals surface area contributed by atoms with Gasteiger partial charge in [-0.25, -0.2) is 4.98 Å². The van der Waals surface area contributed by atoms with Crippen molar-refractivity contribution >= 4 is 11.6 Å². The minimum atomic E-state index is 0.342. The van der Waals surface area contributed by atoms with E-state index in [1.807, 2.05) is 30.3 Å². The van der Waals surface area contributed by atoms with E-state index in [0.717, 1.165) is 5.56 Å². The van der Waals surface area contributed by atoms with E-state index in [0.29, 0.717) is 17.4 Å². The van der Waals surface area contributed by atoms with Gasteiger partial charge in [0.2, 0.25) is 5.95 Å². The number of nitrogens with zero attached hydrogens (tertiary/aromatic N) is 4. The third kappa shape index (κ3) is 1.30. The first-order valence-electron chi connectivity index (χ1n) is 4.87. The van der Waals surface area contributed by atoms with Crippen LogP contribution in [-0.4, -0.2) is 19.6 Å². The molecule has 0 bridgehead atoms. The van der Waals surface area contributed by atoms with E-state index >= 15 is 0 Å². The molecule has 0 unspecified atom stereocenters. The van der Waals surface area contributed by atoms with Crippen molar-refractivity contribution in [2.45, 2.75) is 0 Å². The molecule has 0 aliphatic heterocycles. The molecule has 2 heterocycles. The Bertz CT molecular complexity index is 629. The summed E-state index contributed by atoms with van der Waals surface area (Å²) in [4.78, 5) is 8.59. The minimum absolute atomic E-state index is 0.342. The largest absolute Gasteiger partial charge is 0.368 e. The number of anilines is 1. The topological polar surface area (TPSA) is 69.1 Å². The van der Waals surface area contributed by atoms with E-state index in [1.54, 1.807) is 12.3 Å². The number of nitrogens with two attached hydrogens (primary N) is 1. The second kappa shape index (κ2) is 3.30. The molecule has 78 valence electrons. The first-order chi connectivity index (χ1) is 7.84. The lowest BCUT2D eigenvalue weighted by Crippen LogP contribution is -2.04. The SMILES string of the molecule is Nc1nc(-c2ccccc2)nc2ccnn12. The third-order valence-corrected chi connectivity index (χ3v) is 2.31. The Morgan fingerprint density at radius 2 is 1.81 bits per heavy atom. The van der Waals surface area contributed by atoms with Crippen LogP contribution in [0, 0.1) is 0 Å². The van der Waals surface area contributed by atoms with E-state index in [1.165, 1.54) is 4.52 Å². The van der Waals surface area contributed by atoms with Gasteiger partial charge in [0.25, 0.3) is 0 Å². The summed E-state index contributed by atoms with van der Waals surface area (Å²) in [6, 6.07) is 11.5. The highest BCUT2D eigenvalue weighted by molar-refractivity contribution is 5.59. The Kier molecular flexibility index (Phi) is 1.83. The van der Waals surface area contributed by atoms with Crippen molar-refractivity contribution in [1.82, 2.24) is 19.6 Å². The molecule has 5 heteroatoms. The van der Waals surface area contributed by atoms with Crippen LogP contribution in [0.5, 0.6) is 0 Å². The standard InChI is InChI=1S/C11H9N5/c12-11-15-10(8-4-2-1-3-5-8)14-9-6-7-13-16(9)11/h1-7H,(H2,12,14,15). The lowest BCUT2D eigenvalue weighted by Gasteiger charge is -2.02. The molecule has 3 rings (SSSR count). The second-order valence-corrected chi connectivity index (χ2v) is 3.37. The van der Waals surface area contributed by atoms with E-state index in [4.69, 9.17) is 5.73 Å². The first-order valence-corrected chi connectivity index (χ1v) is 4.87. The molecular weight excluding hydrogens is 202 g/mol. The summed E-state index contributed by atoms with van der Waals surface area (Å²) in [7, 11) is 0. The van der Waals surface area contributed by atoms with E-state index in [2.05, 4.69) is 15.1 Å². The Morgan fingerprint density at radius 1 is 1.00 bits per heavy atom. The maximum absolute atomic E-state index is 5.79. The molecular formula is C11H9N5. The Morgan fingerprint density at radius 3 is 2.62 bits per heavy atom. The molecule has 0 spiro atoms. The summed E-state index contributed by atoms with van der Waals surface area (Å²) in [6.07, 6.45) is 1.65. The van der Waals surface area contributed by atoms with E-state index < -0.39 is 0 Å². The second-order valence-electron chi connectivity index (χ2n) is 3.37. The molecule has 2 aromatic heterocycles. The molecule has 0 amide bonds. The van der Waals surface area contributed by atoms with Gasteiger partial charge in [0, 0.05) is 11.6 Å². The highest BCUT2D eigenvalue weighted by atomic mass is 15.3. The van der Waals surface area contributed by atoms with Crippen molar-refractivity contribution in [1.29, 1.82) is 0 Å². The smallest absolute Gasteiger partial charge is 0.225 e. The fraction of sp³-hybridized carbons (Fsp3) is 0. The maximum Gasteiger partial charge on any atom is 0.225 e. The van der Waals surface area contributed by atoms with Gasteiger partial charge in [-0.3, -0.25) is 0 Å². The zero-order chi connectivity index (χ0) is 11.0. The summed E-state index contributed by atoms with van der Waals surface area (Å²) < 4.78 is 1.51. The Hall–Kier alpha value is -2.43. The fourth-order valence-electron chi connectivity index (χ4n) is 1.56. The van der Waals surface area contributed by atoms with Crippen molar-refractivity contribution < 1.29 is 0 Å². The number of hydrogen-bond donors (Lipinski definition) is 1. The van der Waals surface area contributed by atoms with Gasteiger partial charge in [0.05, 0.1) is 6.20 Å². The average molecular weight is 211 g/mol. The third-order valence-electron chi connectivity index (χ3n) is 2.31. The van der Waals surface area contributed by atoms with Gasteiger partial charge in [-0.05, 0) is 0 Å². The number of aromatic nitrogens is 4. The lowest BCUT2D eigenvalue weighted by molar-refractivity contribution is 0.913. The molecule has 0 atom stereocenters. The maximum atomic E-state index is 5.79. The zero-order valence-corrected chi connectivity index (χ0v) is 8.41. The number of benzene rings is 1. The molecule has 0 saturated carbocycles. The van der Waals surface area contributed by atoms with Crippen LogP contribution in [0.15, 0.2) is 42.6 Å². The Balaban J connectivity index is 2.25. The number of rotatable bonds is 1. The van der Waals surface area contributed by atoms with Crippen LogP contribution in [0.3, 0.4) is 0 Å². The summed E-state index contributed by atoms with van der Waals surface area (Å²) in [5, 5.41) is 4.02. The van der Waals surface area contributed by atoms with Crippen molar-refractivity contribution in [2.24, 2.45) is 0 Å². The van der Waals surface area contributed by atoms with Crippen molar-refractivity contribution in [3.63, 3.8) is 0 Å². The van der Waals surface area contributed by atoms with Crippen LogP contribution >= 0.6 is 0 Å². The molecule has 2 N–H and O–H groups in total. The molecule has 0 aliphatic carbocycles. The van der Waals surface area contributed by atoms with Gasteiger partial charge in [0.15, 0.2) is 11.5 Å². The predicted octanol–water partition coefficient (Wildman–Crippen LogP) is 1.37. The van der Waals surface area contributed by atoms with Gasteiger partial charge in [-0.15, -0.1) is 0 Å². The van der Waals surface area contributed by atoms with Crippen LogP contribution in [0.2, 0.25) is 0 Å². The van der Waals surface area contributed by atoms with Crippen LogP contribution in [0.1, 0.15) is 0 Å². The van der Waals surface area contributed by atoms with Crippen molar-refractivity contribution in [3.8, 4) is 11.4 Å². The lowest BCUT2D eigenvalue weighted by atomic mass is 10.2. The van der Waals surface area contributed by atoms with Gasteiger partial charge < -0.3 is 5.73 Å². The Labute approximate surface area is 91.6 Å². The molecule has 0 radical (unpaired) electrons. The van der Waals surface area contributed by atoms with Crippen LogP contribution in [0.4, 0.5) is 5.95 Å². The highest BCUT2D eigenvalue weighted by Crippen LogP contribution is 2.16. The average Bonchev–Trinajstić information content (AvgIpc) is 2.79. The van der Waals surface area contributed by atoms with Crippen LogP contribution in [0.25, 0.3) is 17.0 Å². The van der Waals surface area contributed by atoms with Crippen molar-refractivity contribution in [2.75, 3.05) is 5.73 Å². The normalized spacial score (nSPS) is 10.8. The van der Waals surface area contributed by atoms with Crippen LogP contribution in [-0.2, 0) is 0 Å². The van der Waals surface area contributed by atoms with Gasteiger partial charge >= 0.3 is 0 Å². The molecule has 0 fully saturated rings. The molecule has 0 saturated heterocycles. The number of nitrogen functional groups attached to an aromatic ring is 1. The molecule has 5 nitrogen and oxygen atoms in total. The monoisotopic (exact) mass is 211 g/mol. The van der Waals surface area contributed by atoms with Crippen LogP contribution < -0.4 is 5.73 Å². The summed E-state index contributed by atoms with van der Waals surface area (Å²) in [6.45, 7) is 0. The van der Waals surface area contributed by atoms with E-state index in [9.17, 15) is 0 Å². The highest BCUT2D eigenvalue weighted by Gasteiger charge is 2.06. The predicted molar refractivity (Wildman–Crippen MR) is 60.6 cm³/mol. The van der Waals surface area contributed by atoms with Gasteiger partial charge in [0.1, 0.15) is 0 Å². The van der Waals surface area contributed by atoms with Gasteiger partial charge in [-0.1, -0.05) is 30.3 Å². The molecule has 1 aromatic carbocycles. The fourth-order valence-corrected chi connectivity index (χ4v) is 1.56. The quantitative estimate of drug-likeness (QED) is 0.660. The first kappa shape index (κ1) is 8.84.